The minimum atomic E-state index is -0.409. The predicted octanol–water partition coefficient (Wildman–Crippen LogP) is 0.806. The van der Waals surface area contributed by atoms with E-state index in [-0.39, 0.29) is 11.9 Å². The van der Waals surface area contributed by atoms with Gasteiger partial charge in [-0.2, -0.15) is 4.98 Å². The van der Waals surface area contributed by atoms with Crippen LogP contribution in [0.3, 0.4) is 0 Å². The van der Waals surface area contributed by atoms with Crippen LogP contribution in [0.1, 0.15) is 44.8 Å². The van der Waals surface area contributed by atoms with Crippen LogP contribution >= 0.6 is 0 Å². The molecule has 0 saturated carbocycles. The Balaban J connectivity index is 2.17. The minimum Gasteiger partial charge on any atom is -0.393 e. The maximum absolute atomic E-state index is 11.4. The van der Waals surface area contributed by atoms with E-state index in [1.54, 1.807) is 6.92 Å². The van der Waals surface area contributed by atoms with Crippen LogP contribution in [-0.2, 0) is 6.42 Å². The second-order valence-electron chi connectivity index (χ2n) is 4.77. The van der Waals surface area contributed by atoms with Gasteiger partial charge >= 0.3 is 6.03 Å². The van der Waals surface area contributed by atoms with Crippen molar-refractivity contribution in [1.29, 1.82) is 0 Å². The average Bonchev–Trinajstić information content (AvgIpc) is 2.77. The van der Waals surface area contributed by atoms with E-state index in [0.29, 0.717) is 37.6 Å². The molecule has 0 spiro atoms. The molecule has 2 amide bonds. The highest BCUT2D eigenvalue weighted by atomic mass is 16.5. The molecule has 7 nitrogen and oxygen atoms in total. The van der Waals surface area contributed by atoms with Crippen LogP contribution in [-0.4, -0.2) is 40.5 Å². The zero-order valence-corrected chi connectivity index (χ0v) is 11.6. The van der Waals surface area contributed by atoms with E-state index in [4.69, 9.17) is 9.63 Å². The van der Waals surface area contributed by atoms with E-state index in [1.807, 2.05) is 13.8 Å². The quantitative estimate of drug-likeness (QED) is 0.680. The van der Waals surface area contributed by atoms with Crippen LogP contribution in [0.4, 0.5) is 4.79 Å². The predicted molar refractivity (Wildman–Crippen MR) is 69.8 cm³/mol. The number of nitrogens with zero attached hydrogens (tertiary/aromatic N) is 2. The van der Waals surface area contributed by atoms with Crippen LogP contribution in [0.2, 0.25) is 0 Å². The van der Waals surface area contributed by atoms with Gasteiger partial charge in [-0.1, -0.05) is 19.0 Å². The average molecular weight is 270 g/mol. The number of carbonyl (C=O) groups is 1. The molecule has 1 aromatic heterocycles. The fraction of sp³-hybridized carbons (Fsp3) is 0.750. The summed E-state index contributed by atoms with van der Waals surface area (Å²) in [6.07, 6.45) is 0.631. The Morgan fingerprint density at radius 2 is 2.00 bits per heavy atom. The molecule has 1 heterocycles. The fourth-order valence-corrected chi connectivity index (χ4v) is 1.34. The molecular weight excluding hydrogens is 248 g/mol. The zero-order chi connectivity index (χ0) is 14.3. The van der Waals surface area contributed by atoms with Gasteiger partial charge in [0.15, 0.2) is 5.82 Å². The first kappa shape index (κ1) is 15.4. The van der Waals surface area contributed by atoms with E-state index < -0.39 is 6.10 Å². The summed E-state index contributed by atoms with van der Waals surface area (Å²) in [5.74, 6) is 1.43. The molecule has 0 aliphatic rings. The Labute approximate surface area is 112 Å². The standard InChI is InChI=1S/C12H22N4O3/c1-8(2)11-15-10(19-16-11)5-7-14-12(18)13-6-4-9(3)17/h8-9,17H,4-7H2,1-3H3,(H2,13,14,18). The van der Waals surface area contributed by atoms with Crippen molar-refractivity contribution in [2.75, 3.05) is 13.1 Å². The number of nitrogens with one attached hydrogen (secondary N) is 2. The topological polar surface area (TPSA) is 100 Å². The van der Waals surface area contributed by atoms with Crippen molar-refractivity contribution in [2.45, 2.75) is 45.6 Å². The first-order valence-corrected chi connectivity index (χ1v) is 6.51. The molecule has 108 valence electrons. The smallest absolute Gasteiger partial charge is 0.314 e. The maximum atomic E-state index is 11.4. The van der Waals surface area contributed by atoms with Gasteiger partial charge in [0.2, 0.25) is 5.89 Å². The Hall–Kier alpha value is -1.63. The van der Waals surface area contributed by atoms with Gasteiger partial charge in [-0.05, 0) is 13.3 Å². The van der Waals surface area contributed by atoms with Gasteiger partial charge in [0.25, 0.3) is 0 Å². The summed E-state index contributed by atoms with van der Waals surface area (Å²) >= 11 is 0. The molecule has 0 saturated heterocycles. The van der Waals surface area contributed by atoms with E-state index in [2.05, 4.69) is 20.8 Å². The molecule has 1 rings (SSSR count). The summed E-state index contributed by atoms with van der Waals surface area (Å²) in [7, 11) is 0. The van der Waals surface area contributed by atoms with Crippen LogP contribution < -0.4 is 10.6 Å². The number of rotatable bonds is 7. The summed E-state index contributed by atoms with van der Waals surface area (Å²) in [5, 5.41) is 18.2. The Kier molecular flexibility index (Phi) is 6.27. The minimum absolute atomic E-state index is 0.231. The van der Waals surface area contributed by atoms with Crippen molar-refractivity contribution in [3.63, 3.8) is 0 Å². The zero-order valence-electron chi connectivity index (χ0n) is 11.6. The Morgan fingerprint density at radius 1 is 1.32 bits per heavy atom. The molecule has 0 aliphatic heterocycles. The summed E-state index contributed by atoms with van der Waals surface area (Å²) < 4.78 is 5.05. The fourth-order valence-electron chi connectivity index (χ4n) is 1.34. The van der Waals surface area contributed by atoms with E-state index in [9.17, 15) is 4.79 Å². The van der Waals surface area contributed by atoms with Crippen molar-refractivity contribution in [3.8, 4) is 0 Å². The molecule has 19 heavy (non-hydrogen) atoms. The molecule has 0 bridgehead atoms. The van der Waals surface area contributed by atoms with Crippen molar-refractivity contribution < 1.29 is 14.4 Å². The third-order valence-electron chi connectivity index (χ3n) is 2.47. The lowest BCUT2D eigenvalue weighted by atomic mass is 10.2. The monoisotopic (exact) mass is 270 g/mol. The lowest BCUT2D eigenvalue weighted by Gasteiger charge is -2.07. The van der Waals surface area contributed by atoms with Crippen molar-refractivity contribution in [2.24, 2.45) is 0 Å². The van der Waals surface area contributed by atoms with Gasteiger partial charge < -0.3 is 20.3 Å². The van der Waals surface area contributed by atoms with E-state index in [1.165, 1.54) is 0 Å². The van der Waals surface area contributed by atoms with Crippen LogP contribution in [0.15, 0.2) is 4.52 Å². The first-order chi connectivity index (χ1) is 8.99. The molecular formula is C12H22N4O3. The third kappa shape index (κ3) is 6.19. The number of hydrogen-bond donors (Lipinski definition) is 3. The second-order valence-corrected chi connectivity index (χ2v) is 4.77. The molecule has 1 unspecified atom stereocenters. The summed E-state index contributed by atoms with van der Waals surface area (Å²) in [5.41, 5.74) is 0. The second kappa shape index (κ2) is 7.73. The molecule has 1 aromatic rings. The van der Waals surface area contributed by atoms with Crippen LogP contribution in [0.25, 0.3) is 0 Å². The molecule has 1 atom stereocenters. The Morgan fingerprint density at radius 3 is 2.58 bits per heavy atom. The highest BCUT2D eigenvalue weighted by Gasteiger charge is 2.09. The number of carbonyl (C=O) groups excluding carboxylic acids is 1. The Bertz CT molecular complexity index is 390. The van der Waals surface area contributed by atoms with Gasteiger partial charge in [0, 0.05) is 25.4 Å². The number of aliphatic hydroxyl groups is 1. The normalized spacial score (nSPS) is 12.5. The molecule has 3 N–H and O–H groups in total. The van der Waals surface area contributed by atoms with Crippen molar-refractivity contribution in [1.82, 2.24) is 20.8 Å². The van der Waals surface area contributed by atoms with Gasteiger partial charge in [-0.3, -0.25) is 0 Å². The van der Waals surface area contributed by atoms with Crippen LogP contribution in [0.5, 0.6) is 0 Å². The van der Waals surface area contributed by atoms with Crippen molar-refractivity contribution >= 4 is 6.03 Å². The van der Waals surface area contributed by atoms with Gasteiger partial charge in [-0.15, -0.1) is 0 Å². The molecule has 7 heteroatoms. The van der Waals surface area contributed by atoms with Gasteiger partial charge in [0.05, 0.1) is 6.10 Å². The van der Waals surface area contributed by atoms with Gasteiger partial charge in [0.1, 0.15) is 0 Å². The number of hydrogen-bond acceptors (Lipinski definition) is 5. The number of aliphatic hydroxyl groups excluding tert-OH is 1. The summed E-state index contributed by atoms with van der Waals surface area (Å²) in [4.78, 5) is 15.6. The lowest BCUT2D eigenvalue weighted by molar-refractivity contribution is 0.183. The summed E-state index contributed by atoms with van der Waals surface area (Å²) in [6, 6.07) is -0.260. The lowest BCUT2D eigenvalue weighted by Crippen LogP contribution is -2.37. The highest BCUT2D eigenvalue weighted by Crippen LogP contribution is 2.09. The highest BCUT2D eigenvalue weighted by molar-refractivity contribution is 5.73. The van der Waals surface area contributed by atoms with Crippen molar-refractivity contribution in [3.05, 3.63) is 11.7 Å². The molecule has 0 radical (unpaired) electrons. The molecule has 0 aliphatic carbocycles. The maximum Gasteiger partial charge on any atom is 0.314 e. The molecule has 0 fully saturated rings. The third-order valence-corrected chi connectivity index (χ3v) is 2.47. The number of amides is 2. The largest absolute Gasteiger partial charge is 0.393 e. The SMILES string of the molecule is CC(O)CCNC(=O)NCCc1nc(C(C)C)no1. The van der Waals surface area contributed by atoms with Gasteiger partial charge in [-0.25, -0.2) is 4.79 Å². The first-order valence-electron chi connectivity index (χ1n) is 6.51. The van der Waals surface area contributed by atoms with E-state index in [0.717, 1.165) is 0 Å². The van der Waals surface area contributed by atoms with Crippen LogP contribution in [0, 0.1) is 0 Å². The number of urea groups is 1. The van der Waals surface area contributed by atoms with E-state index >= 15 is 0 Å². The summed E-state index contributed by atoms with van der Waals surface area (Å²) in [6.45, 7) is 6.54. The molecule has 0 aromatic carbocycles. The number of aromatic nitrogens is 2.